The van der Waals surface area contributed by atoms with E-state index in [1.165, 1.54) is 0 Å². The largest absolute Gasteiger partial charge is 0.325 e. The van der Waals surface area contributed by atoms with Gasteiger partial charge in [-0.1, -0.05) is 24.6 Å². The minimum Gasteiger partial charge on any atom is -0.325 e. The number of benzene rings is 1. The third-order valence-electron chi connectivity index (χ3n) is 3.78. The lowest BCUT2D eigenvalue weighted by molar-refractivity contribution is -0.117. The van der Waals surface area contributed by atoms with E-state index in [2.05, 4.69) is 22.5 Å². The SMILES string of the molecule is CCN(CC(=O)Nc1cc(Cl)ccc1C)C1CCNC1. The van der Waals surface area contributed by atoms with Gasteiger partial charge in [0.25, 0.3) is 0 Å². The number of halogens is 1. The van der Waals surface area contributed by atoms with E-state index in [4.69, 9.17) is 11.6 Å². The van der Waals surface area contributed by atoms with Gasteiger partial charge in [-0.25, -0.2) is 0 Å². The third kappa shape index (κ3) is 3.95. The van der Waals surface area contributed by atoms with Crippen molar-refractivity contribution in [2.45, 2.75) is 26.3 Å². The molecule has 20 heavy (non-hydrogen) atoms. The number of likely N-dealkylation sites (N-methyl/N-ethyl adjacent to an activating group) is 1. The fourth-order valence-electron chi connectivity index (χ4n) is 2.55. The number of amides is 1. The molecule has 0 aromatic heterocycles. The van der Waals surface area contributed by atoms with Crippen molar-refractivity contribution in [2.75, 3.05) is 31.5 Å². The van der Waals surface area contributed by atoms with E-state index >= 15 is 0 Å². The van der Waals surface area contributed by atoms with Crippen molar-refractivity contribution in [2.24, 2.45) is 0 Å². The van der Waals surface area contributed by atoms with Crippen LogP contribution in [0.15, 0.2) is 18.2 Å². The lowest BCUT2D eigenvalue weighted by Gasteiger charge is -2.26. The number of nitrogens with one attached hydrogen (secondary N) is 2. The van der Waals surface area contributed by atoms with Gasteiger partial charge in [-0.05, 0) is 44.1 Å². The molecule has 5 heteroatoms. The molecule has 2 N–H and O–H groups in total. The summed E-state index contributed by atoms with van der Waals surface area (Å²) in [5.41, 5.74) is 1.82. The molecule has 0 radical (unpaired) electrons. The molecule has 1 saturated heterocycles. The van der Waals surface area contributed by atoms with E-state index < -0.39 is 0 Å². The molecule has 1 amide bonds. The molecule has 0 spiro atoms. The Balaban J connectivity index is 1.95. The van der Waals surface area contributed by atoms with E-state index in [0.29, 0.717) is 17.6 Å². The average Bonchev–Trinajstić information content (AvgIpc) is 2.94. The molecule has 1 aromatic rings. The summed E-state index contributed by atoms with van der Waals surface area (Å²) in [6.45, 7) is 7.37. The molecule has 4 nitrogen and oxygen atoms in total. The fourth-order valence-corrected chi connectivity index (χ4v) is 2.73. The fraction of sp³-hybridized carbons (Fsp3) is 0.533. The van der Waals surface area contributed by atoms with Gasteiger partial charge in [0.15, 0.2) is 0 Å². The second kappa shape index (κ2) is 7.07. The van der Waals surface area contributed by atoms with Gasteiger partial charge in [0, 0.05) is 23.3 Å². The predicted molar refractivity (Wildman–Crippen MR) is 83.3 cm³/mol. The second-order valence-corrected chi connectivity index (χ2v) is 5.65. The highest BCUT2D eigenvalue weighted by atomic mass is 35.5. The lowest BCUT2D eigenvalue weighted by Crippen LogP contribution is -2.41. The maximum Gasteiger partial charge on any atom is 0.238 e. The zero-order valence-corrected chi connectivity index (χ0v) is 12.8. The normalized spacial score (nSPS) is 18.5. The van der Waals surface area contributed by atoms with Crippen molar-refractivity contribution in [1.82, 2.24) is 10.2 Å². The van der Waals surface area contributed by atoms with Crippen LogP contribution in [0.1, 0.15) is 18.9 Å². The van der Waals surface area contributed by atoms with Crippen LogP contribution >= 0.6 is 11.6 Å². The van der Waals surface area contributed by atoms with Crippen LogP contribution in [0.2, 0.25) is 5.02 Å². The highest BCUT2D eigenvalue weighted by Gasteiger charge is 2.22. The summed E-state index contributed by atoms with van der Waals surface area (Å²) < 4.78 is 0. The summed E-state index contributed by atoms with van der Waals surface area (Å²) >= 11 is 5.97. The molecule has 2 rings (SSSR count). The number of rotatable bonds is 5. The Morgan fingerprint density at radius 2 is 2.35 bits per heavy atom. The third-order valence-corrected chi connectivity index (χ3v) is 4.01. The Hall–Kier alpha value is -1.10. The number of hydrogen-bond donors (Lipinski definition) is 2. The first-order chi connectivity index (χ1) is 9.60. The van der Waals surface area contributed by atoms with E-state index in [1.807, 2.05) is 19.1 Å². The van der Waals surface area contributed by atoms with E-state index in [9.17, 15) is 4.79 Å². The molecule has 1 atom stereocenters. The molecule has 1 fully saturated rings. The van der Waals surface area contributed by atoms with E-state index in [0.717, 1.165) is 37.3 Å². The first kappa shape index (κ1) is 15.3. The van der Waals surface area contributed by atoms with Crippen molar-refractivity contribution in [3.8, 4) is 0 Å². The van der Waals surface area contributed by atoms with Gasteiger partial charge in [0.05, 0.1) is 6.54 Å². The van der Waals surface area contributed by atoms with Gasteiger partial charge in [0.2, 0.25) is 5.91 Å². The van der Waals surface area contributed by atoms with Crippen LogP contribution in [0, 0.1) is 6.92 Å². The Morgan fingerprint density at radius 3 is 3.00 bits per heavy atom. The van der Waals surface area contributed by atoms with Gasteiger partial charge in [-0.3, -0.25) is 9.69 Å². The minimum atomic E-state index is 0.0177. The predicted octanol–water partition coefficient (Wildman–Crippen LogP) is 2.27. The maximum atomic E-state index is 12.2. The van der Waals surface area contributed by atoms with E-state index in [1.54, 1.807) is 6.07 Å². The Labute approximate surface area is 125 Å². The topological polar surface area (TPSA) is 44.4 Å². The quantitative estimate of drug-likeness (QED) is 0.876. The van der Waals surface area contributed by atoms with Crippen molar-refractivity contribution >= 4 is 23.2 Å². The van der Waals surface area contributed by atoms with Crippen LogP contribution in [0.4, 0.5) is 5.69 Å². The molecule has 0 bridgehead atoms. The number of anilines is 1. The summed E-state index contributed by atoms with van der Waals surface area (Å²) in [5.74, 6) is 0.0177. The first-order valence-corrected chi connectivity index (χ1v) is 7.48. The van der Waals surface area contributed by atoms with Gasteiger partial charge < -0.3 is 10.6 Å². The number of hydrogen-bond acceptors (Lipinski definition) is 3. The van der Waals surface area contributed by atoms with Gasteiger partial charge in [-0.15, -0.1) is 0 Å². The van der Waals surface area contributed by atoms with E-state index in [-0.39, 0.29) is 5.91 Å². The minimum absolute atomic E-state index is 0.0177. The number of carbonyl (C=O) groups excluding carboxylic acids is 1. The molecule has 1 aliphatic rings. The summed E-state index contributed by atoms with van der Waals surface area (Å²) in [7, 11) is 0. The van der Waals surface area contributed by atoms with Crippen molar-refractivity contribution in [1.29, 1.82) is 0 Å². The second-order valence-electron chi connectivity index (χ2n) is 5.22. The van der Waals surface area contributed by atoms with Gasteiger partial charge in [0.1, 0.15) is 0 Å². The summed E-state index contributed by atoms with van der Waals surface area (Å²) in [6.07, 6.45) is 1.11. The smallest absolute Gasteiger partial charge is 0.238 e. The highest BCUT2D eigenvalue weighted by molar-refractivity contribution is 6.31. The number of nitrogens with zero attached hydrogens (tertiary/aromatic N) is 1. The Morgan fingerprint density at radius 1 is 1.55 bits per heavy atom. The zero-order valence-electron chi connectivity index (χ0n) is 12.1. The average molecular weight is 296 g/mol. The summed E-state index contributed by atoms with van der Waals surface area (Å²) in [6, 6.07) is 6.00. The molecule has 1 aliphatic heterocycles. The monoisotopic (exact) mass is 295 g/mol. The zero-order chi connectivity index (χ0) is 14.5. The Bertz CT molecular complexity index is 472. The summed E-state index contributed by atoms with van der Waals surface area (Å²) in [4.78, 5) is 14.4. The molecule has 1 heterocycles. The van der Waals surface area contributed by atoms with Gasteiger partial charge in [-0.2, -0.15) is 0 Å². The van der Waals surface area contributed by atoms with Crippen LogP contribution in [0.3, 0.4) is 0 Å². The molecule has 110 valence electrons. The lowest BCUT2D eigenvalue weighted by atomic mass is 10.2. The highest BCUT2D eigenvalue weighted by Crippen LogP contribution is 2.20. The molecular weight excluding hydrogens is 274 g/mol. The van der Waals surface area contributed by atoms with Crippen LogP contribution in [0.25, 0.3) is 0 Å². The first-order valence-electron chi connectivity index (χ1n) is 7.11. The number of carbonyl (C=O) groups is 1. The molecule has 1 aromatic carbocycles. The molecular formula is C15H22ClN3O. The van der Waals surface area contributed by atoms with Crippen molar-refractivity contribution in [3.05, 3.63) is 28.8 Å². The number of aryl methyl sites for hydroxylation is 1. The van der Waals surface area contributed by atoms with Crippen LogP contribution in [-0.4, -0.2) is 43.0 Å². The standard InChI is InChI=1S/C15H22ClN3O/c1-3-19(13-6-7-17-9-13)10-15(20)18-14-8-12(16)5-4-11(14)2/h4-5,8,13,17H,3,6-7,9-10H2,1-2H3,(H,18,20). The van der Waals surface area contributed by atoms with Gasteiger partial charge >= 0.3 is 0 Å². The molecule has 0 aliphatic carbocycles. The Kier molecular flexibility index (Phi) is 5.40. The molecule has 1 unspecified atom stereocenters. The van der Waals surface area contributed by atoms with Crippen LogP contribution < -0.4 is 10.6 Å². The molecule has 0 saturated carbocycles. The van der Waals surface area contributed by atoms with Crippen molar-refractivity contribution in [3.63, 3.8) is 0 Å². The summed E-state index contributed by atoms with van der Waals surface area (Å²) in [5, 5.41) is 6.93. The van der Waals surface area contributed by atoms with Crippen molar-refractivity contribution < 1.29 is 4.79 Å². The van der Waals surface area contributed by atoms with Crippen LogP contribution in [0.5, 0.6) is 0 Å². The van der Waals surface area contributed by atoms with Crippen LogP contribution in [-0.2, 0) is 4.79 Å². The maximum absolute atomic E-state index is 12.2.